The number of aromatic nitrogens is 6. The molecule has 0 fully saturated rings. The summed E-state index contributed by atoms with van der Waals surface area (Å²) in [5.41, 5.74) is 4.47. The topological polar surface area (TPSA) is 73.9 Å². The third-order valence-electron chi connectivity index (χ3n) is 5.95. The normalized spacial score (nSPS) is 16.3. The van der Waals surface area contributed by atoms with Gasteiger partial charge in [-0.2, -0.15) is 5.10 Å². The molecule has 1 aliphatic heterocycles. The van der Waals surface area contributed by atoms with Crippen molar-refractivity contribution in [3.8, 4) is 11.4 Å². The van der Waals surface area contributed by atoms with Crippen molar-refractivity contribution in [3.63, 3.8) is 0 Å². The van der Waals surface area contributed by atoms with Gasteiger partial charge in [0.1, 0.15) is 11.8 Å². The first kappa shape index (κ1) is 20.4. The molecule has 3 heterocycles. The monoisotopic (exact) mass is 429 g/mol. The van der Waals surface area contributed by atoms with Crippen LogP contribution < -0.4 is 4.74 Å². The predicted molar refractivity (Wildman–Crippen MR) is 121 cm³/mol. The Morgan fingerprint density at radius 1 is 1.03 bits per heavy atom. The van der Waals surface area contributed by atoms with E-state index < -0.39 is 0 Å². The van der Waals surface area contributed by atoms with Gasteiger partial charge in [0.25, 0.3) is 0 Å². The lowest BCUT2D eigenvalue weighted by molar-refractivity contribution is 0.163. The summed E-state index contributed by atoms with van der Waals surface area (Å²) in [7, 11) is 1.69. The van der Waals surface area contributed by atoms with Crippen LogP contribution in [0, 0.1) is 0 Å². The molecule has 5 rings (SSSR count). The highest BCUT2D eigenvalue weighted by molar-refractivity contribution is 5.37. The fraction of sp³-hybridized carbons (Fsp3) is 0.333. The van der Waals surface area contributed by atoms with Gasteiger partial charge in [0.15, 0.2) is 5.82 Å². The predicted octanol–water partition coefficient (Wildman–Crippen LogP) is 3.60. The number of fused-ring (bicyclic) bond motifs is 1. The lowest BCUT2D eigenvalue weighted by Crippen LogP contribution is -2.39. The highest BCUT2D eigenvalue weighted by atomic mass is 16.5. The van der Waals surface area contributed by atoms with E-state index in [-0.39, 0.29) is 12.0 Å². The molecule has 1 aliphatic rings. The second kappa shape index (κ2) is 8.55. The number of tetrazole rings is 1. The maximum atomic E-state index is 5.32. The van der Waals surface area contributed by atoms with Crippen LogP contribution >= 0.6 is 0 Å². The van der Waals surface area contributed by atoms with E-state index in [0.717, 1.165) is 48.2 Å². The summed E-state index contributed by atoms with van der Waals surface area (Å²) in [5.74, 6) is 1.99. The van der Waals surface area contributed by atoms with Crippen molar-refractivity contribution in [3.05, 3.63) is 83.4 Å². The summed E-state index contributed by atoms with van der Waals surface area (Å²) in [4.78, 5) is 2.44. The summed E-state index contributed by atoms with van der Waals surface area (Å²) >= 11 is 0. The molecule has 8 heteroatoms. The van der Waals surface area contributed by atoms with Gasteiger partial charge in [0.2, 0.25) is 0 Å². The Kier molecular flexibility index (Phi) is 5.45. The Labute approximate surface area is 187 Å². The largest absolute Gasteiger partial charge is 0.497 e. The SMILES string of the molecule is COc1ccc(CN2CCn3nnnc3C2c2cn(-c3ccccc3)nc2C(C)C)cc1. The molecule has 0 saturated heterocycles. The molecule has 2 aromatic carbocycles. The highest BCUT2D eigenvalue weighted by Crippen LogP contribution is 2.36. The fourth-order valence-electron chi connectivity index (χ4n) is 4.33. The van der Waals surface area contributed by atoms with Crippen molar-refractivity contribution in [2.45, 2.75) is 38.9 Å². The highest BCUT2D eigenvalue weighted by Gasteiger charge is 2.35. The van der Waals surface area contributed by atoms with Gasteiger partial charge < -0.3 is 4.74 Å². The van der Waals surface area contributed by atoms with Gasteiger partial charge in [-0.05, 0) is 46.2 Å². The maximum Gasteiger partial charge on any atom is 0.173 e. The van der Waals surface area contributed by atoms with E-state index in [1.807, 2.05) is 39.7 Å². The second-order valence-corrected chi connectivity index (χ2v) is 8.39. The van der Waals surface area contributed by atoms with E-state index in [1.165, 1.54) is 5.56 Å². The first-order chi connectivity index (χ1) is 15.6. The lowest BCUT2D eigenvalue weighted by Gasteiger charge is -2.34. The first-order valence-corrected chi connectivity index (χ1v) is 10.9. The average Bonchev–Trinajstić information content (AvgIpc) is 3.48. The Morgan fingerprint density at radius 2 is 1.81 bits per heavy atom. The molecule has 0 spiro atoms. The number of benzene rings is 2. The average molecular weight is 430 g/mol. The molecule has 0 radical (unpaired) electrons. The van der Waals surface area contributed by atoms with E-state index >= 15 is 0 Å². The summed E-state index contributed by atoms with van der Waals surface area (Å²) in [6.07, 6.45) is 2.14. The van der Waals surface area contributed by atoms with Crippen LogP contribution in [0.2, 0.25) is 0 Å². The number of ether oxygens (including phenoxy) is 1. The van der Waals surface area contributed by atoms with Gasteiger partial charge in [-0.15, -0.1) is 5.10 Å². The summed E-state index contributed by atoms with van der Waals surface area (Å²) in [6, 6.07) is 18.4. The minimum Gasteiger partial charge on any atom is -0.497 e. The molecule has 0 saturated carbocycles. The van der Waals surface area contributed by atoms with Crippen molar-refractivity contribution in [1.82, 2.24) is 34.9 Å². The van der Waals surface area contributed by atoms with Crippen LogP contribution in [0.5, 0.6) is 5.75 Å². The van der Waals surface area contributed by atoms with Gasteiger partial charge in [-0.1, -0.05) is 44.2 Å². The zero-order valence-electron chi connectivity index (χ0n) is 18.6. The Balaban J connectivity index is 1.57. The molecule has 1 unspecified atom stereocenters. The molecule has 1 atom stereocenters. The van der Waals surface area contributed by atoms with E-state index in [4.69, 9.17) is 9.84 Å². The smallest absolute Gasteiger partial charge is 0.173 e. The molecule has 164 valence electrons. The van der Waals surface area contributed by atoms with Crippen LogP contribution in [0.15, 0.2) is 60.8 Å². The van der Waals surface area contributed by atoms with Gasteiger partial charge in [-0.3, -0.25) is 4.90 Å². The van der Waals surface area contributed by atoms with Crippen molar-refractivity contribution >= 4 is 0 Å². The van der Waals surface area contributed by atoms with Crippen molar-refractivity contribution in [2.75, 3.05) is 13.7 Å². The molecule has 0 bridgehead atoms. The molecule has 0 amide bonds. The molecular weight excluding hydrogens is 402 g/mol. The molecule has 0 N–H and O–H groups in total. The fourth-order valence-corrected chi connectivity index (χ4v) is 4.33. The van der Waals surface area contributed by atoms with E-state index in [2.05, 4.69) is 64.7 Å². The minimum atomic E-state index is -0.0734. The second-order valence-electron chi connectivity index (χ2n) is 8.39. The zero-order chi connectivity index (χ0) is 22.1. The van der Waals surface area contributed by atoms with Crippen LogP contribution in [0.25, 0.3) is 5.69 Å². The minimum absolute atomic E-state index is 0.0734. The van der Waals surface area contributed by atoms with Crippen LogP contribution in [0.4, 0.5) is 0 Å². The molecule has 32 heavy (non-hydrogen) atoms. The zero-order valence-corrected chi connectivity index (χ0v) is 18.6. The summed E-state index contributed by atoms with van der Waals surface area (Å²) in [5, 5.41) is 17.6. The van der Waals surface area contributed by atoms with Crippen molar-refractivity contribution in [1.29, 1.82) is 0 Å². The number of nitrogens with zero attached hydrogens (tertiary/aromatic N) is 7. The van der Waals surface area contributed by atoms with E-state index in [0.29, 0.717) is 0 Å². The van der Waals surface area contributed by atoms with Crippen LogP contribution in [-0.4, -0.2) is 48.5 Å². The summed E-state index contributed by atoms with van der Waals surface area (Å²) in [6.45, 7) is 6.76. The Morgan fingerprint density at radius 3 is 2.53 bits per heavy atom. The molecule has 4 aromatic rings. The number of para-hydroxylation sites is 1. The van der Waals surface area contributed by atoms with Gasteiger partial charge >= 0.3 is 0 Å². The third kappa shape index (κ3) is 3.78. The van der Waals surface area contributed by atoms with Gasteiger partial charge in [-0.25, -0.2) is 9.36 Å². The van der Waals surface area contributed by atoms with Gasteiger partial charge in [0.05, 0.1) is 25.0 Å². The quantitative estimate of drug-likeness (QED) is 0.466. The molecule has 2 aromatic heterocycles. The van der Waals surface area contributed by atoms with Crippen molar-refractivity contribution < 1.29 is 4.74 Å². The van der Waals surface area contributed by atoms with Crippen LogP contribution in [0.1, 0.15) is 48.5 Å². The Bertz CT molecular complexity index is 1180. The van der Waals surface area contributed by atoms with Gasteiger partial charge in [0, 0.05) is 24.8 Å². The number of hydrogen-bond donors (Lipinski definition) is 0. The molecular formula is C24H27N7O. The number of methoxy groups -OCH3 is 1. The molecule has 0 aliphatic carbocycles. The summed E-state index contributed by atoms with van der Waals surface area (Å²) < 4.78 is 9.21. The third-order valence-corrected chi connectivity index (χ3v) is 5.95. The molecule has 8 nitrogen and oxygen atoms in total. The lowest BCUT2D eigenvalue weighted by atomic mass is 9.97. The van der Waals surface area contributed by atoms with Crippen molar-refractivity contribution in [2.24, 2.45) is 0 Å². The first-order valence-electron chi connectivity index (χ1n) is 10.9. The number of hydrogen-bond acceptors (Lipinski definition) is 6. The van der Waals surface area contributed by atoms with E-state index in [1.54, 1.807) is 7.11 Å². The number of rotatable bonds is 6. The Hall–Kier alpha value is -3.52. The van der Waals surface area contributed by atoms with E-state index in [9.17, 15) is 0 Å². The standard InChI is InChI=1S/C24H27N7O/c1-17(2)22-21(16-31(26-22)19-7-5-4-6-8-19)23-24-25-27-28-30(24)14-13-29(23)15-18-9-11-20(32-3)12-10-18/h4-12,16-17,23H,13-15H2,1-3H3. The van der Waals surface area contributed by atoms with Crippen LogP contribution in [-0.2, 0) is 13.1 Å². The maximum absolute atomic E-state index is 5.32. The van der Waals surface area contributed by atoms with Crippen LogP contribution in [0.3, 0.4) is 0 Å².